The Morgan fingerprint density at radius 3 is 2.86 bits per heavy atom. The minimum absolute atomic E-state index is 0.346. The molecule has 112 valence electrons. The Kier molecular flexibility index (Phi) is 5.22. The van der Waals surface area contributed by atoms with Crippen LogP contribution in [-0.4, -0.2) is 48.6 Å². The first-order chi connectivity index (χ1) is 10.1. The molecule has 0 bridgehead atoms. The van der Waals surface area contributed by atoms with Crippen molar-refractivity contribution in [2.45, 2.75) is 6.54 Å². The Morgan fingerprint density at radius 1 is 1.38 bits per heavy atom. The molecular formula is C15H19ClN4O. The van der Waals surface area contributed by atoms with Gasteiger partial charge in [0, 0.05) is 31.2 Å². The Hall–Kier alpha value is -2.01. The Balaban J connectivity index is 2.27. The number of fused-ring (bicyclic) bond motifs is 1. The van der Waals surface area contributed by atoms with Crippen molar-refractivity contribution in [2.24, 2.45) is 10.1 Å². The molecule has 0 aliphatic rings. The van der Waals surface area contributed by atoms with Gasteiger partial charge in [-0.25, -0.2) is 4.99 Å². The second-order valence-corrected chi connectivity index (χ2v) is 5.14. The van der Waals surface area contributed by atoms with Gasteiger partial charge >= 0.3 is 0 Å². The van der Waals surface area contributed by atoms with Crippen molar-refractivity contribution in [3.63, 3.8) is 0 Å². The lowest BCUT2D eigenvalue weighted by Crippen LogP contribution is -2.11. The zero-order valence-electron chi connectivity index (χ0n) is 12.5. The van der Waals surface area contributed by atoms with E-state index in [-0.39, 0.29) is 0 Å². The summed E-state index contributed by atoms with van der Waals surface area (Å²) in [4.78, 5) is 11.1. The number of rotatable bonds is 6. The molecule has 0 unspecified atom stereocenters. The molecule has 0 radical (unpaired) electrons. The predicted molar refractivity (Wildman–Crippen MR) is 88.9 cm³/mol. The van der Waals surface area contributed by atoms with Gasteiger partial charge in [-0.2, -0.15) is 0 Å². The van der Waals surface area contributed by atoms with Crippen LogP contribution in [0.1, 0.15) is 0 Å². The summed E-state index contributed by atoms with van der Waals surface area (Å²) in [6.07, 6.45) is 3.80. The predicted octanol–water partition coefficient (Wildman–Crippen LogP) is 3.10. The fraction of sp³-hybridized carbons (Fsp3) is 0.333. The molecule has 0 saturated heterocycles. The summed E-state index contributed by atoms with van der Waals surface area (Å²) >= 11 is 5.86. The highest BCUT2D eigenvalue weighted by molar-refractivity contribution is 6.28. The van der Waals surface area contributed by atoms with Crippen LogP contribution in [0.5, 0.6) is 0 Å². The Labute approximate surface area is 129 Å². The lowest BCUT2D eigenvalue weighted by molar-refractivity contribution is 0.212. The average molecular weight is 307 g/mol. The largest absolute Gasteiger partial charge is 0.399 e. The lowest BCUT2D eigenvalue weighted by atomic mass is 10.2. The van der Waals surface area contributed by atoms with Gasteiger partial charge in [-0.1, -0.05) is 5.16 Å². The van der Waals surface area contributed by atoms with Crippen LogP contribution < -0.4 is 0 Å². The minimum atomic E-state index is 0.346. The van der Waals surface area contributed by atoms with Crippen LogP contribution in [0, 0.1) is 0 Å². The number of benzene rings is 1. The molecule has 0 aliphatic carbocycles. The number of aliphatic imine (C=N–C) groups is 1. The first-order valence-corrected chi connectivity index (χ1v) is 7.12. The van der Waals surface area contributed by atoms with Crippen molar-refractivity contribution in [2.75, 3.05) is 27.1 Å². The summed E-state index contributed by atoms with van der Waals surface area (Å²) in [5.74, 6) is 0.346. The molecule has 0 saturated carbocycles. The third-order valence-corrected chi connectivity index (χ3v) is 3.23. The molecule has 1 aromatic heterocycles. The second kappa shape index (κ2) is 7.13. The first kappa shape index (κ1) is 15.4. The molecule has 0 aliphatic heterocycles. The molecular weight excluding hydrogens is 288 g/mol. The number of hydrogen-bond donors (Lipinski definition) is 0. The van der Waals surface area contributed by atoms with Gasteiger partial charge < -0.3 is 14.3 Å². The highest BCUT2D eigenvalue weighted by Gasteiger charge is 2.05. The van der Waals surface area contributed by atoms with E-state index in [1.54, 1.807) is 6.34 Å². The molecule has 2 rings (SSSR count). The van der Waals surface area contributed by atoms with E-state index in [9.17, 15) is 0 Å². The summed E-state index contributed by atoms with van der Waals surface area (Å²) in [5.41, 5.74) is 2.83. The summed E-state index contributed by atoms with van der Waals surface area (Å²) in [7, 11) is 5.41. The molecule has 6 heteroatoms. The maximum atomic E-state index is 5.86. The van der Waals surface area contributed by atoms with Crippen LogP contribution in [0.4, 0.5) is 5.69 Å². The van der Waals surface area contributed by atoms with Crippen LogP contribution in [-0.2, 0) is 11.4 Å². The third-order valence-electron chi connectivity index (χ3n) is 2.92. The highest BCUT2D eigenvalue weighted by atomic mass is 35.5. The van der Waals surface area contributed by atoms with Crippen molar-refractivity contribution in [1.82, 2.24) is 9.47 Å². The SMILES string of the molecule is CON=C(CCl)Cn1ccc2cc(N=CN(C)C)ccc21. The zero-order valence-corrected chi connectivity index (χ0v) is 13.2. The van der Waals surface area contributed by atoms with E-state index in [1.807, 2.05) is 31.3 Å². The molecule has 1 heterocycles. The first-order valence-electron chi connectivity index (χ1n) is 6.58. The third kappa shape index (κ3) is 3.98. The minimum Gasteiger partial charge on any atom is -0.399 e. The van der Waals surface area contributed by atoms with E-state index >= 15 is 0 Å². The van der Waals surface area contributed by atoms with E-state index in [4.69, 9.17) is 16.4 Å². The summed E-state index contributed by atoms with van der Waals surface area (Å²) in [5, 5.41) is 5.06. The number of oxime groups is 1. The number of hydrogen-bond acceptors (Lipinski definition) is 3. The molecule has 0 atom stereocenters. The maximum absolute atomic E-state index is 5.86. The van der Waals surface area contributed by atoms with Gasteiger partial charge in [-0.15, -0.1) is 11.6 Å². The molecule has 5 nitrogen and oxygen atoms in total. The molecule has 0 N–H and O–H groups in total. The van der Waals surface area contributed by atoms with Crippen molar-refractivity contribution >= 4 is 40.2 Å². The molecule has 2 aromatic rings. The molecule has 0 spiro atoms. The van der Waals surface area contributed by atoms with Crippen molar-refractivity contribution < 1.29 is 4.84 Å². The topological polar surface area (TPSA) is 42.1 Å². The van der Waals surface area contributed by atoms with Gasteiger partial charge in [0.05, 0.1) is 30.2 Å². The van der Waals surface area contributed by atoms with Gasteiger partial charge in [0.15, 0.2) is 0 Å². The van der Waals surface area contributed by atoms with Crippen LogP contribution in [0.2, 0.25) is 0 Å². The smallest absolute Gasteiger partial charge is 0.106 e. The van der Waals surface area contributed by atoms with E-state index in [2.05, 4.69) is 32.9 Å². The standard InChI is InChI=1S/C15H19ClN4O/c1-19(2)11-17-13-4-5-15-12(8-13)6-7-20(15)10-14(9-16)18-21-3/h4-8,11H,9-10H2,1-3H3. The molecule has 21 heavy (non-hydrogen) atoms. The second-order valence-electron chi connectivity index (χ2n) is 4.87. The van der Waals surface area contributed by atoms with Crippen LogP contribution in [0.3, 0.4) is 0 Å². The zero-order chi connectivity index (χ0) is 15.2. The number of halogens is 1. The summed E-state index contributed by atoms with van der Waals surface area (Å²) in [6, 6.07) is 8.16. The molecule has 0 fully saturated rings. The monoisotopic (exact) mass is 306 g/mol. The summed E-state index contributed by atoms with van der Waals surface area (Å²) in [6.45, 7) is 0.612. The van der Waals surface area contributed by atoms with Crippen molar-refractivity contribution in [3.05, 3.63) is 30.5 Å². The van der Waals surface area contributed by atoms with Gasteiger partial charge in [0.1, 0.15) is 7.11 Å². The van der Waals surface area contributed by atoms with E-state index in [0.717, 1.165) is 22.3 Å². The maximum Gasteiger partial charge on any atom is 0.106 e. The number of nitrogens with zero attached hydrogens (tertiary/aromatic N) is 4. The lowest BCUT2D eigenvalue weighted by Gasteiger charge is -2.06. The fourth-order valence-corrected chi connectivity index (χ4v) is 2.14. The van der Waals surface area contributed by atoms with Gasteiger partial charge in [-0.3, -0.25) is 0 Å². The van der Waals surface area contributed by atoms with Crippen molar-refractivity contribution in [1.29, 1.82) is 0 Å². The normalized spacial score (nSPS) is 12.3. The van der Waals surface area contributed by atoms with Gasteiger partial charge in [0.2, 0.25) is 0 Å². The van der Waals surface area contributed by atoms with Crippen LogP contribution >= 0.6 is 11.6 Å². The Bertz CT molecular complexity index is 661. The molecule has 1 aromatic carbocycles. The van der Waals surface area contributed by atoms with Crippen LogP contribution in [0.15, 0.2) is 40.6 Å². The average Bonchev–Trinajstić information content (AvgIpc) is 2.87. The Morgan fingerprint density at radius 2 is 2.19 bits per heavy atom. The van der Waals surface area contributed by atoms with E-state index in [1.165, 1.54) is 7.11 Å². The number of aromatic nitrogens is 1. The highest BCUT2D eigenvalue weighted by Crippen LogP contribution is 2.22. The van der Waals surface area contributed by atoms with Crippen LogP contribution in [0.25, 0.3) is 10.9 Å². The quantitative estimate of drug-likeness (QED) is 0.356. The van der Waals surface area contributed by atoms with E-state index in [0.29, 0.717) is 12.4 Å². The van der Waals surface area contributed by atoms with Crippen molar-refractivity contribution in [3.8, 4) is 0 Å². The summed E-state index contributed by atoms with van der Waals surface area (Å²) < 4.78 is 2.09. The van der Waals surface area contributed by atoms with E-state index < -0.39 is 0 Å². The molecule has 0 amide bonds. The van der Waals surface area contributed by atoms with Gasteiger partial charge in [0.25, 0.3) is 0 Å². The van der Waals surface area contributed by atoms with Gasteiger partial charge in [-0.05, 0) is 24.3 Å². The fourth-order valence-electron chi connectivity index (χ4n) is 2.01. The number of alkyl halides is 1.